The zero-order chi connectivity index (χ0) is 16.4. The highest BCUT2D eigenvalue weighted by Crippen LogP contribution is 2.18. The van der Waals surface area contributed by atoms with E-state index < -0.39 is 0 Å². The van der Waals surface area contributed by atoms with Crippen LogP contribution >= 0.6 is 0 Å². The number of amides is 1. The van der Waals surface area contributed by atoms with Gasteiger partial charge in [0.05, 0.1) is 12.1 Å². The van der Waals surface area contributed by atoms with E-state index in [9.17, 15) is 4.79 Å². The van der Waals surface area contributed by atoms with Gasteiger partial charge in [-0.3, -0.25) is 4.79 Å². The Labute approximate surface area is 139 Å². The van der Waals surface area contributed by atoms with E-state index in [4.69, 9.17) is 4.74 Å². The Bertz CT molecular complexity index is 813. The number of carbonyl (C=O) groups excluding carboxylic acids is 1. The number of fused-ring (bicyclic) bond motifs is 1. The van der Waals surface area contributed by atoms with Gasteiger partial charge in [-0.25, -0.2) is 9.97 Å². The highest BCUT2D eigenvalue weighted by Gasteiger charge is 2.26. The van der Waals surface area contributed by atoms with E-state index in [-0.39, 0.29) is 12.0 Å². The van der Waals surface area contributed by atoms with Crippen LogP contribution in [0.2, 0.25) is 0 Å². The van der Waals surface area contributed by atoms with Crippen molar-refractivity contribution in [2.24, 2.45) is 0 Å². The van der Waals surface area contributed by atoms with Gasteiger partial charge < -0.3 is 14.0 Å². The maximum atomic E-state index is 12.8. The number of aromatic nitrogens is 3. The summed E-state index contributed by atoms with van der Waals surface area (Å²) < 4.78 is 7.77. The zero-order valence-electron chi connectivity index (χ0n) is 13.2. The molecule has 6 heteroatoms. The molecule has 0 N–H and O–H groups in total. The topological polar surface area (TPSA) is 59.7 Å². The standard InChI is InChI=1S/C18H18N4O2/c23-17(14-11-15-5-1-2-9-21(15)12-14)22-10-3-6-16(13-22)24-18-19-7-4-8-20-18/h1-2,4-5,7-9,11-12,16H,3,6,10,13H2. The molecule has 1 amide bonds. The minimum atomic E-state index is -0.0675. The molecule has 1 unspecified atom stereocenters. The van der Waals surface area contributed by atoms with Crippen LogP contribution < -0.4 is 4.74 Å². The van der Waals surface area contributed by atoms with E-state index in [0.717, 1.165) is 24.9 Å². The fraction of sp³-hybridized carbons (Fsp3) is 0.278. The summed E-state index contributed by atoms with van der Waals surface area (Å²) in [6.45, 7) is 1.31. The molecule has 3 aromatic heterocycles. The molecule has 1 aliphatic heterocycles. The van der Waals surface area contributed by atoms with Gasteiger partial charge in [0, 0.05) is 36.8 Å². The largest absolute Gasteiger partial charge is 0.458 e. The van der Waals surface area contributed by atoms with Crippen LogP contribution in [0.4, 0.5) is 0 Å². The minimum Gasteiger partial charge on any atom is -0.458 e. The highest BCUT2D eigenvalue weighted by atomic mass is 16.5. The molecule has 3 aromatic rings. The average molecular weight is 322 g/mol. The van der Waals surface area contributed by atoms with Crippen LogP contribution in [0.3, 0.4) is 0 Å². The van der Waals surface area contributed by atoms with Crippen LogP contribution in [-0.2, 0) is 0 Å². The number of hydrogen-bond donors (Lipinski definition) is 0. The maximum Gasteiger partial charge on any atom is 0.316 e. The van der Waals surface area contributed by atoms with E-state index in [1.165, 1.54) is 0 Å². The second kappa shape index (κ2) is 6.31. The van der Waals surface area contributed by atoms with E-state index in [1.54, 1.807) is 18.5 Å². The predicted octanol–water partition coefficient (Wildman–Crippen LogP) is 2.41. The maximum absolute atomic E-state index is 12.8. The number of carbonyl (C=O) groups is 1. The Morgan fingerprint density at radius 3 is 2.92 bits per heavy atom. The van der Waals surface area contributed by atoms with Gasteiger partial charge in [0.2, 0.25) is 0 Å². The van der Waals surface area contributed by atoms with Gasteiger partial charge >= 0.3 is 6.01 Å². The van der Waals surface area contributed by atoms with Gasteiger partial charge in [-0.05, 0) is 37.1 Å². The third kappa shape index (κ3) is 2.95. The number of pyridine rings is 1. The summed E-state index contributed by atoms with van der Waals surface area (Å²) in [5, 5.41) is 0. The van der Waals surface area contributed by atoms with Gasteiger partial charge in [0.15, 0.2) is 0 Å². The van der Waals surface area contributed by atoms with Crippen molar-refractivity contribution in [2.45, 2.75) is 18.9 Å². The van der Waals surface area contributed by atoms with Crippen LogP contribution in [0, 0.1) is 0 Å². The molecule has 122 valence electrons. The van der Waals surface area contributed by atoms with Gasteiger partial charge in [-0.1, -0.05) is 6.07 Å². The molecule has 0 spiro atoms. The lowest BCUT2D eigenvalue weighted by molar-refractivity contribution is 0.0516. The molecular formula is C18H18N4O2. The second-order valence-corrected chi connectivity index (χ2v) is 5.93. The first-order valence-corrected chi connectivity index (χ1v) is 8.09. The van der Waals surface area contributed by atoms with Crippen molar-refractivity contribution in [3.05, 3.63) is 60.7 Å². The summed E-state index contributed by atoms with van der Waals surface area (Å²) in [5.74, 6) is 0.0426. The summed E-state index contributed by atoms with van der Waals surface area (Å²) in [6.07, 6.45) is 8.88. The monoisotopic (exact) mass is 322 g/mol. The zero-order valence-corrected chi connectivity index (χ0v) is 13.2. The number of rotatable bonds is 3. The van der Waals surface area contributed by atoms with Crippen molar-refractivity contribution in [3.63, 3.8) is 0 Å². The SMILES string of the molecule is O=C(c1cc2ccccn2c1)N1CCCC(Oc2ncccn2)C1. The van der Waals surface area contributed by atoms with Crippen molar-refractivity contribution in [2.75, 3.05) is 13.1 Å². The Morgan fingerprint density at radius 1 is 1.21 bits per heavy atom. The number of ether oxygens (including phenoxy) is 1. The summed E-state index contributed by atoms with van der Waals surface area (Å²) in [4.78, 5) is 22.8. The summed E-state index contributed by atoms with van der Waals surface area (Å²) >= 11 is 0. The molecule has 1 atom stereocenters. The Morgan fingerprint density at radius 2 is 2.08 bits per heavy atom. The first-order valence-electron chi connectivity index (χ1n) is 8.09. The molecule has 4 heterocycles. The van der Waals surface area contributed by atoms with E-state index in [0.29, 0.717) is 18.1 Å². The number of nitrogens with zero attached hydrogens (tertiary/aromatic N) is 4. The molecule has 1 saturated heterocycles. The fourth-order valence-corrected chi connectivity index (χ4v) is 3.07. The van der Waals surface area contributed by atoms with Gasteiger partial charge in [-0.2, -0.15) is 0 Å². The van der Waals surface area contributed by atoms with Crippen molar-refractivity contribution < 1.29 is 9.53 Å². The molecule has 6 nitrogen and oxygen atoms in total. The third-order valence-electron chi connectivity index (χ3n) is 4.23. The summed E-state index contributed by atoms with van der Waals surface area (Å²) in [7, 11) is 0. The van der Waals surface area contributed by atoms with Crippen LogP contribution in [-0.4, -0.2) is 44.4 Å². The normalized spacial score (nSPS) is 17.8. The molecule has 0 bridgehead atoms. The molecule has 0 saturated carbocycles. The van der Waals surface area contributed by atoms with Gasteiger partial charge in [-0.15, -0.1) is 0 Å². The summed E-state index contributed by atoms with van der Waals surface area (Å²) in [5.41, 5.74) is 1.72. The number of hydrogen-bond acceptors (Lipinski definition) is 4. The van der Waals surface area contributed by atoms with Crippen molar-refractivity contribution in [1.29, 1.82) is 0 Å². The quantitative estimate of drug-likeness (QED) is 0.743. The molecule has 0 aliphatic carbocycles. The molecule has 0 radical (unpaired) electrons. The predicted molar refractivity (Wildman–Crippen MR) is 89.0 cm³/mol. The highest BCUT2D eigenvalue weighted by molar-refractivity contribution is 5.95. The van der Waals surface area contributed by atoms with Gasteiger partial charge in [0.1, 0.15) is 6.10 Å². The molecule has 1 fully saturated rings. The smallest absolute Gasteiger partial charge is 0.316 e. The lowest BCUT2D eigenvalue weighted by atomic mass is 10.1. The van der Waals surface area contributed by atoms with Crippen molar-refractivity contribution in [3.8, 4) is 6.01 Å². The number of piperidine rings is 1. The van der Waals surface area contributed by atoms with Crippen molar-refractivity contribution >= 4 is 11.4 Å². The average Bonchev–Trinajstić information content (AvgIpc) is 3.06. The lowest BCUT2D eigenvalue weighted by Gasteiger charge is -2.32. The number of likely N-dealkylation sites (tertiary alicyclic amines) is 1. The van der Waals surface area contributed by atoms with E-state index in [1.807, 2.05) is 46.0 Å². The van der Waals surface area contributed by atoms with Crippen LogP contribution in [0.25, 0.3) is 5.52 Å². The van der Waals surface area contributed by atoms with Crippen LogP contribution in [0.15, 0.2) is 55.1 Å². The fourth-order valence-electron chi connectivity index (χ4n) is 3.07. The first-order chi connectivity index (χ1) is 11.8. The third-order valence-corrected chi connectivity index (χ3v) is 4.23. The molecular weight excluding hydrogens is 304 g/mol. The Hall–Kier alpha value is -2.89. The van der Waals surface area contributed by atoms with Gasteiger partial charge in [0.25, 0.3) is 5.91 Å². The Kier molecular flexibility index (Phi) is 3.86. The van der Waals surface area contributed by atoms with Crippen LogP contribution in [0.1, 0.15) is 23.2 Å². The van der Waals surface area contributed by atoms with E-state index >= 15 is 0 Å². The molecule has 0 aromatic carbocycles. The van der Waals surface area contributed by atoms with E-state index in [2.05, 4.69) is 9.97 Å². The summed E-state index contributed by atoms with van der Waals surface area (Å²) in [6, 6.07) is 9.95. The molecule has 24 heavy (non-hydrogen) atoms. The lowest BCUT2D eigenvalue weighted by Crippen LogP contribution is -2.44. The Balaban J connectivity index is 1.48. The van der Waals surface area contributed by atoms with Crippen LogP contribution in [0.5, 0.6) is 6.01 Å². The molecule has 1 aliphatic rings. The first kappa shape index (κ1) is 14.7. The minimum absolute atomic E-state index is 0.0426. The molecule has 4 rings (SSSR count). The second-order valence-electron chi connectivity index (χ2n) is 5.93. The van der Waals surface area contributed by atoms with Crippen molar-refractivity contribution in [1.82, 2.24) is 19.3 Å².